The van der Waals surface area contributed by atoms with E-state index in [-0.39, 0.29) is 42.7 Å². The highest BCUT2D eigenvalue weighted by atomic mass is 31.2. The maximum atomic E-state index is 10.0. The number of fused-ring (bicyclic) bond motifs is 4. The third-order valence-electron chi connectivity index (χ3n) is 7.54. The van der Waals surface area contributed by atoms with Crippen molar-refractivity contribution in [3.63, 3.8) is 0 Å². The van der Waals surface area contributed by atoms with Crippen molar-refractivity contribution in [1.82, 2.24) is 0 Å². The molecule has 4 heterocycles. The fourth-order valence-electron chi connectivity index (χ4n) is 5.77. The summed E-state index contributed by atoms with van der Waals surface area (Å²) in [6.07, 6.45) is 0.395. The van der Waals surface area contributed by atoms with Gasteiger partial charge in [0, 0.05) is 20.9 Å². The van der Waals surface area contributed by atoms with Gasteiger partial charge in [-0.2, -0.15) is 0 Å². The Morgan fingerprint density at radius 3 is 2.03 bits per heavy atom. The van der Waals surface area contributed by atoms with Gasteiger partial charge in [-0.1, -0.05) is 13.8 Å². The van der Waals surface area contributed by atoms with E-state index in [2.05, 4.69) is 11.8 Å². The van der Waals surface area contributed by atoms with E-state index in [9.17, 15) is 5.11 Å². The Morgan fingerprint density at radius 1 is 0.943 bits per heavy atom. The quantitative estimate of drug-likeness (QED) is 0.251. The number of hydrogen-bond donors (Lipinski definition) is 1. The normalized spacial score (nSPS) is 44.2. The summed E-state index contributed by atoms with van der Waals surface area (Å²) >= 11 is 0. The molecular weight excluding hydrogens is 477 g/mol. The topological polar surface area (TPSA) is 98.4 Å². The van der Waals surface area contributed by atoms with Gasteiger partial charge in [-0.15, -0.1) is 0 Å². The van der Waals surface area contributed by atoms with Gasteiger partial charge >= 0.3 is 0 Å². The molecule has 4 fully saturated rings. The Kier molecular flexibility index (Phi) is 10.3. The average molecular weight is 520 g/mol. The largest absolute Gasteiger partial charge is 0.387 e. The van der Waals surface area contributed by atoms with Crippen LogP contribution in [0.2, 0.25) is 0 Å². The number of rotatable bonds is 11. The Bertz CT molecular complexity index is 726. The van der Waals surface area contributed by atoms with Crippen LogP contribution in [0.15, 0.2) is 0 Å². The van der Waals surface area contributed by atoms with Crippen LogP contribution in [-0.2, 0) is 37.5 Å². The van der Waals surface area contributed by atoms with Gasteiger partial charge < -0.3 is 47.4 Å². The van der Waals surface area contributed by atoms with Gasteiger partial charge in [-0.25, -0.2) is 6.57 Å². The molecule has 11 heteroatoms. The predicted octanol–water partition coefficient (Wildman–Crippen LogP) is 2.56. The number of aliphatic hydroxyl groups excluding tert-OH is 1. The van der Waals surface area contributed by atoms with E-state index >= 15 is 0 Å². The van der Waals surface area contributed by atoms with Crippen molar-refractivity contribution in [3.8, 4) is 0 Å². The zero-order valence-corrected chi connectivity index (χ0v) is 22.9. The van der Waals surface area contributed by atoms with Gasteiger partial charge in [-0.3, -0.25) is 0 Å². The van der Waals surface area contributed by atoms with Crippen LogP contribution in [0, 0.1) is 6.57 Å². The molecule has 4 aliphatic rings. The summed E-state index contributed by atoms with van der Waals surface area (Å²) in [4.78, 5) is 3.27. The summed E-state index contributed by atoms with van der Waals surface area (Å²) in [5.41, 5.74) is -1.00. The molecule has 1 unspecified atom stereocenters. The van der Waals surface area contributed by atoms with Gasteiger partial charge in [0.15, 0.2) is 8.38 Å². The van der Waals surface area contributed by atoms with E-state index < -0.39 is 25.7 Å². The second kappa shape index (κ2) is 12.4. The van der Waals surface area contributed by atoms with Crippen LogP contribution >= 0.6 is 8.38 Å². The van der Waals surface area contributed by atoms with E-state index in [0.717, 1.165) is 12.8 Å². The van der Waals surface area contributed by atoms with E-state index in [1.807, 2.05) is 27.4 Å². The van der Waals surface area contributed by atoms with Crippen molar-refractivity contribution in [2.45, 2.75) is 101 Å². The molecule has 4 aliphatic heterocycles. The highest BCUT2D eigenvalue weighted by molar-refractivity contribution is 7.46. The molecule has 0 aliphatic carbocycles. The molecule has 202 valence electrons. The van der Waals surface area contributed by atoms with Crippen molar-refractivity contribution < 1.29 is 42.6 Å². The number of nitrogens with zero attached hydrogens (tertiary/aromatic N) is 1. The molecule has 35 heavy (non-hydrogen) atoms. The zero-order valence-electron chi connectivity index (χ0n) is 22.0. The Balaban J connectivity index is 0.000000211. The van der Waals surface area contributed by atoms with E-state index in [1.165, 1.54) is 0 Å². The smallest absolute Gasteiger partial charge is 0.238 e. The zero-order chi connectivity index (χ0) is 25.8. The van der Waals surface area contributed by atoms with Gasteiger partial charge in [0.25, 0.3) is 0 Å². The Morgan fingerprint density at radius 2 is 1.49 bits per heavy atom. The molecule has 11 atom stereocenters. The van der Waals surface area contributed by atoms with E-state index in [1.54, 1.807) is 14.2 Å². The highest BCUT2D eigenvalue weighted by Gasteiger charge is 2.66. The van der Waals surface area contributed by atoms with Crippen LogP contribution in [0.5, 0.6) is 0 Å². The molecule has 0 radical (unpaired) electrons. The summed E-state index contributed by atoms with van der Waals surface area (Å²) in [5.74, 6) is 0. The molecule has 0 aromatic rings. The lowest BCUT2D eigenvalue weighted by Crippen LogP contribution is -2.49. The first-order valence-corrected chi connectivity index (χ1v) is 14.1. The van der Waals surface area contributed by atoms with Crippen molar-refractivity contribution in [1.29, 1.82) is 0 Å². The van der Waals surface area contributed by atoms with Crippen LogP contribution in [0.1, 0.15) is 40.5 Å². The summed E-state index contributed by atoms with van der Waals surface area (Å²) in [6, 6.07) is 0. The van der Waals surface area contributed by atoms with Crippen LogP contribution < -0.4 is 0 Å². The monoisotopic (exact) mass is 519 g/mol. The van der Waals surface area contributed by atoms with Gasteiger partial charge in [0.05, 0.1) is 25.4 Å². The van der Waals surface area contributed by atoms with Crippen molar-refractivity contribution in [2.75, 3.05) is 47.2 Å². The number of ether oxygens (including phenoxy) is 6. The van der Waals surface area contributed by atoms with Crippen LogP contribution in [0.25, 0.3) is 4.85 Å². The molecule has 0 spiro atoms. The van der Waals surface area contributed by atoms with Gasteiger partial charge in [0.1, 0.15) is 54.4 Å². The van der Waals surface area contributed by atoms with Crippen molar-refractivity contribution in [2.24, 2.45) is 0 Å². The molecule has 4 rings (SSSR count). The molecule has 0 aromatic carbocycles. The first-order valence-electron chi connectivity index (χ1n) is 12.4. The minimum absolute atomic E-state index is 0.00898. The lowest BCUT2D eigenvalue weighted by Gasteiger charge is -2.36. The average Bonchev–Trinajstić information content (AvgIpc) is 3.46. The molecular formula is C24H42NO9P. The van der Waals surface area contributed by atoms with Crippen molar-refractivity contribution >= 4 is 8.38 Å². The summed E-state index contributed by atoms with van der Waals surface area (Å²) in [5, 5.41) is 10.0. The molecule has 4 bridgehead atoms. The SMILES string of the molecule is CC[C@]12O[C@@H](C)[C@H](O[C@@H]1COC)[C@@H]2O.[C-]#[N+]CCOP(C)O[C@H]1[C@H]2O[C@H](COC)[C@]1(CC)O[C@H]2C. The third-order valence-corrected chi connectivity index (χ3v) is 8.61. The molecule has 0 aromatic heterocycles. The van der Waals surface area contributed by atoms with E-state index in [0.29, 0.717) is 26.4 Å². The fraction of sp³-hybridized carbons (Fsp3) is 0.958. The number of methoxy groups -OCH3 is 2. The third kappa shape index (κ3) is 5.42. The Hall–Kier alpha value is -0.440. The lowest BCUT2D eigenvalue weighted by molar-refractivity contribution is -0.195. The van der Waals surface area contributed by atoms with Crippen LogP contribution in [-0.4, -0.2) is 112 Å². The molecule has 1 N–H and O–H groups in total. The van der Waals surface area contributed by atoms with Crippen molar-refractivity contribution in [3.05, 3.63) is 11.4 Å². The summed E-state index contributed by atoms with van der Waals surface area (Å²) in [7, 11) is 2.25. The minimum Gasteiger partial charge on any atom is -0.387 e. The van der Waals surface area contributed by atoms with Crippen LogP contribution in [0.3, 0.4) is 0 Å². The maximum absolute atomic E-state index is 10.0. The Labute approximate surface area is 210 Å². The second-order valence-electron chi connectivity index (χ2n) is 9.48. The fourth-order valence-corrected chi connectivity index (χ4v) is 6.79. The predicted molar refractivity (Wildman–Crippen MR) is 129 cm³/mol. The van der Waals surface area contributed by atoms with Gasteiger partial charge in [0.2, 0.25) is 6.54 Å². The molecule has 0 amide bonds. The van der Waals surface area contributed by atoms with E-state index in [4.69, 9.17) is 44.0 Å². The number of aliphatic hydroxyl groups is 1. The summed E-state index contributed by atoms with van der Waals surface area (Å²) in [6.45, 7) is 18.5. The highest BCUT2D eigenvalue weighted by Crippen LogP contribution is 2.52. The second-order valence-corrected chi connectivity index (χ2v) is 10.8. The molecule has 10 nitrogen and oxygen atoms in total. The summed E-state index contributed by atoms with van der Waals surface area (Å²) < 4.78 is 45.8. The standard InChI is InChI=1S/C14H24NO5P.C10H18O4/c1-6-14-11(9-16-4)18-12(10(2)19-14)13(14)20-21(5)17-8-7-15-3;1-4-10-7(5-12-3)13-8(9(10)11)6(2)14-10/h10-13H,6-9H2,1-2,4-5H3;6-9,11H,4-5H2,1-3H3/t10-,11+,12-,13-,14-,21?;6-,7+,8-,9-,10-/m00/s1. The first-order chi connectivity index (χ1) is 16.7. The molecule has 4 saturated heterocycles. The lowest BCUT2D eigenvalue weighted by atomic mass is 9.90. The molecule has 0 saturated carbocycles. The number of hydrogen-bond acceptors (Lipinski definition) is 9. The van der Waals surface area contributed by atoms with Crippen LogP contribution in [0.4, 0.5) is 0 Å². The minimum atomic E-state index is -1.05. The van der Waals surface area contributed by atoms with Gasteiger partial charge in [-0.05, 0) is 26.7 Å². The first kappa shape index (κ1) is 29.1. The maximum Gasteiger partial charge on any atom is 0.238 e.